The Morgan fingerprint density at radius 3 is 2.00 bits per heavy atom. The molecule has 3 heteroatoms. The van der Waals surface area contributed by atoms with Crippen LogP contribution >= 0.6 is 15.9 Å². The minimum Gasteiger partial charge on any atom is -0.228 e. The van der Waals surface area contributed by atoms with Crippen molar-refractivity contribution < 1.29 is 0 Å². The molecule has 0 unspecified atom stereocenters. The molecule has 0 fully saturated rings. The molecule has 0 amide bonds. The van der Waals surface area contributed by atoms with E-state index in [4.69, 9.17) is 9.98 Å². The smallest absolute Gasteiger partial charge is 0.160 e. The normalized spacial score (nSPS) is 13.4. The summed E-state index contributed by atoms with van der Waals surface area (Å²) < 4.78 is 1.03. The van der Waals surface area contributed by atoms with Crippen LogP contribution in [0.5, 0.6) is 0 Å². The summed E-state index contributed by atoms with van der Waals surface area (Å²) in [4.78, 5) is 9.99. The van der Waals surface area contributed by atoms with Crippen molar-refractivity contribution >= 4 is 38.7 Å². The summed E-state index contributed by atoms with van der Waals surface area (Å²) in [6, 6.07) is 26.7. The van der Waals surface area contributed by atoms with E-state index < -0.39 is 0 Å². The van der Waals surface area contributed by atoms with Crippen LogP contribution in [0.25, 0.3) is 5.57 Å². The van der Waals surface area contributed by atoms with Gasteiger partial charge in [0.15, 0.2) is 5.84 Å². The highest BCUT2D eigenvalue weighted by Crippen LogP contribution is 2.36. The Hall–Kier alpha value is -2.78. The third-order valence-electron chi connectivity index (χ3n) is 4.49. The topological polar surface area (TPSA) is 24.7 Å². The van der Waals surface area contributed by atoms with Gasteiger partial charge in [0.1, 0.15) is 0 Å². The van der Waals surface area contributed by atoms with Crippen molar-refractivity contribution in [2.24, 2.45) is 9.98 Å². The summed E-state index contributed by atoms with van der Waals surface area (Å²) in [6.45, 7) is 4.26. The highest BCUT2D eigenvalue weighted by atomic mass is 79.9. The number of aliphatic imine (C=N–C) groups is 2. The molecule has 0 aliphatic carbocycles. The lowest BCUT2D eigenvalue weighted by atomic mass is 9.91. The summed E-state index contributed by atoms with van der Waals surface area (Å²) in [6.07, 6.45) is 0. The van der Waals surface area contributed by atoms with Gasteiger partial charge in [-0.2, -0.15) is 0 Å². The molecule has 0 spiro atoms. The van der Waals surface area contributed by atoms with Crippen molar-refractivity contribution in [3.63, 3.8) is 0 Å². The van der Waals surface area contributed by atoms with Crippen molar-refractivity contribution in [1.82, 2.24) is 0 Å². The van der Waals surface area contributed by atoms with Gasteiger partial charge in [0.25, 0.3) is 0 Å². The highest BCUT2D eigenvalue weighted by Gasteiger charge is 2.22. The maximum atomic E-state index is 5.06. The van der Waals surface area contributed by atoms with E-state index >= 15 is 0 Å². The molecule has 0 bridgehead atoms. The summed E-state index contributed by atoms with van der Waals surface area (Å²) in [5.41, 5.74) is 7.42. The summed E-state index contributed by atoms with van der Waals surface area (Å²) in [5, 5.41) is 0. The number of allylic oxidation sites excluding steroid dienone is 2. The van der Waals surface area contributed by atoms with Gasteiger partial charge in [0.2, 0.25) is 0 Å². The molecule has 0 aromatic heterocycles. The number of fused-ring (bicyclic) bond motifs is 1. The minimum atomic E-state index is 0.731. The predicted molar refractivity (Wildman–Crippen MR) is 118 cm³/mol. The third kappa shape index (κ3) is 3.56. The number of benzene rings is 3. The number of hydrogen-bond donors (Lipinski definition) is 0. The first-order valence-corrected chi connectivity index (χ1v) is 9.69. The van der Waals surface area contributed by atoms with Crippen molar-refractivity contribution in [1.29, 1.82) is 0 Å². The first-order chi connectivity index (χ1) is 13.1. The lowest BCUT2D eigenvalue weighted by molar-refractivity contribution is 1.39. The fourth-order valence-electron chi connectivity index (χ4n) is 3.26. The molecule has 1 aliphatic heterocycles. The number of amidine groups is 1. The Morgan fingerprint density at radius 2 is 1.37 bits per heavy atom. The Kier molecular flexibility index (Phi) is 4.87. The maximum Gasteiger partial charge on any atom is 0.160 e. The van der Waals surface area contributed by atoms with Crippen LogP contribution in [0.1, 0.15) is 30.5 Å². The molecule has 0 radical (unpaired) electrons. The molecule has 4 rings (SSSR count). The number of hydrogen-bond acceptors (Lipinski definition) is 2. The molecule has 0 atom stereocenters. The maximum absolute atomic E-state index is 5.06. The molecule has 3 aromatic carbocycles. The first-order valence-electron chi connectivity index (χ1n) is 8.89. The Bertz CT molecular complexity index is 1070. The fourth-order valence-corrected chi connectivity index (χ4v) is 3.62. The molecule has 2 nitrogen and oxygen atoms in total. The second-order valence-corrected chi connectivity index (χ2v) is 7.58. The van der Waals surface area contributed by atoms with Gasteiger partial charge in [-0.3, -0.25) is 0 Å². The van der Waals surface area contributed by atoms with E-state index in [0.29, 0.717) is 0 Å². The van der Waals surface area contributed by atoms with E-state index in [1.165, 1.54) is 5.57 Å². The van der Waals surface area contributed by atoms with E-state index in [2.05, 4.69) is 66.2 Å². The summed E-state index contributed by atoms with van der Waals surface area (Å²) in [5.74, 6) is 0.731. The monoisotopic (exact) mass is 414 g/mol. The van der Waals surface area contributed by atoms with Gasteiger partial charge in [0.05, 0.1) is 11.4 Å². The summed E-state index contributed by atoms with van der Waals surface area (Å²) in [7, 11) is 0. The SMILES string of the molecule is CC(C)=C1C(c2ccccc2)=NC(c2ccccc2)=Nc2ccc(Br)cc21. The quantitative estimate of drug-likeness (QED) is 0.439. The number of halogens is 1. The van der Waals surface area contributed by atoms with Crippen molar-refractivity contribution in [2.75, 3.05) is 0 Å². The van der Waals surface area contributed by atoms with Crippen LogP contribution in [0, 0.1) is 0 Å². The van der Waals surface area contributed by atoms with E-state index in [-0.39, 0.29) is 0 Å². The van der Waals surface area contributed by atoms with Crippen molar-refractivity contribution in [3.8, 4) is 0 Å². The molecular weight excluding hydrogens is 396 g/mol. The average molecular weight is 415 g/mol. The van der Waals surface area contributed by atoms with Crippen LogP contribution in [-0.4, -0.2) is 11.5 Å². The zero-order chi connectivity index (χ0) is 18.8. The van der Waals surface area contributed by atoms with Gasteiger partial charge in [-0.25, -0.2) is 9.98 Å². The van der Waals surface area contributed by atoms with Crippen LogP contribution in [0.2, 0.25) is 0 Å². The predicted octanol–water partition coefficient (Wildman–Crippen LogP) is 6.82. The van der Waals surface area contributed by atoms with E-state index in [0.717, 1.165) is 44.0 Å². The van der Waals surface area contributed by atoms with Gasteiger partial charge >= 0.3 is 0 Å². The Labute approximate surface area is 168 Å². The zero-order valence-electron chi connectivity index (χ0n) is 15.3. The van der Waals surface area contributed by atoms with Gasteiger partial charge in [-0.05, 0) is 32.0 Å². The van der Waals surface area contributed by atoms with E-state index in [1.807, 2.05) is 42.5 Å². The number of rotatable bonds is 2. The van der Waals surface area contributed by atoms with Gasteiger partial charge < -0.3 is 0 Å². The Morgan fingerprint density at radius 1 is 0.741 bits per heavy atom. The van der Waals surface area contributed by atoms with Crippen molar-refractivity contribution in [2.45, 2.75) is 13.8 Å². The molecule has 1 heterocycles. The van der Waals surface area contributed by atoms with Gasteiger partial charge in [-0.15, -0.1) is 0 Å². The van der Waals surface area contributed by atoms with Crippen molar-refractivity contribution in [3.05, 3.63) is 106 Å². The minimum absolute atomic E-state index is 0.731. The van der Waals surface area contributed by atoms with E-state index in [9.17, 15) is 0 Å². The van der Waals surface area contributed by atoms with Crippen LogP contribution in [0.15, 0.2) is 98.9 Å². The fraction of sp³-hybridized carbons (Fsp3) is 0.0833. The average Bonchev–Trinajstić information content (AvgIpc) is 2.86. The molecule has 1 aliphatic rings. The first kappa shape index (κ1) is 17.6. The molecule has 0 N–H and O–H groups in total. The zero-order valence-corrected chi connectivity index (χ0v) is 16.9. The lowest BCUT2D eigenvalue weighted by Crippen LogP contribution is -2.08. The molecule has 0 saturated heterocycles. The molecule has 0 saturated carbocycles. The van der Waals surface area contributed by atoms with Crippen LogP contribution in [0.4, 0.5) is 5.69 Å². The number of nitrogens with zero attached hydrogens (tertiary/aromatic N) is 2. The second kappa shape index (κ2) is 7.45. The summed E-state index contributed by atoms with van der Waals surface area (Å²) >= 11 is 3.62. The molecule has 132 valence electrons. The van der Waals surface area contributed by atoms with Crippen LogP contribution in [0.3, 0.4) is 0 Å². The Balaban J connectivity index is 2.05. The highest BCUT2D eigenvalue weighted by molar-refractivity contribution is 9.10. The lowest BCUT2D eigenvalue weighted by Gasteiger charge is -2.14. The van der Waals surface area contributed by atoms with Gasteiger partial charge in [-0.1, -0.05) is 82.2 Å². The molecular formula is C24H19BrN2. The second-order valence-electron chi connectivity index (χ2n) is 6.66. The largest absolute Gasteiger partial charge is 0.228 e. The standard InChI is InChI=1S/C24H19BrN2/c1-16(2)22-20-15-19(25)13-14-21(20)26-24(18-11-7-4-8-12-18)27-23(22)17-9-5-3-6-10-17/h3-15H,1-2H3. The van der Waals surface area contributed by atoms with Gasteiger partial charge in [0, 0.05) is 26.7 Å². The van der Waals surface area contributed by atoms with E-state index in [1.54, 1.807) is 0 Å². The molecule has 3 aromatic rings. The third-order valence-corrected chi connectivity index (χ3v) is 4.98. The van der Waals surface area contributed by atoms with Crippen LogP contribution in [-0.2, 0) is 0 Å². The molecule has 27 heavy (non-hydrogen) atoms. The van der Waals surface area contributed by atoms with Crippen LogP contribution < -0.4 is 0 Å².